The third kappa shape index (κ3) is 4.19. The van der Waals surface area contributed by atoms with Crippen LogP contribution in [0.4, 0.5) is 14.5 Å². The highest BCUT2D eigenvalue weighted by atomic mass is 19.1. The average molecular weight is 494 g/mol. The molecule has 0 radical (unpaired) electrons. The molecule has 36 heavy (non-hydrogen) atoms. The van der Waals surface area contributed by atoms with Crippen LogP contribution in [-0.4, -0.2) is 49.9 Å². The zero-order chi connectivity index (χ0) is 25.4. The third-order valence-corrected chi connectivity index (χ3v) is 6.16. The summed E-state index contributed by atoms with van der Waals surface area (Å²) in [6.07, 6.45) is 5.40. The molecule has 2 N–H and O–H groups in total. The summed E-state index contributed by atoms with van der Waals surface area (Å²) in [4.78, 5) is 34.2. The molecule has 0 spiro atoms. The van der Waals surface area contributed by atoms with Gasteiger partial charge in [-0.05, 0) is 37.1 Å². The first-order chi connectivity index (χ1) is 17.3. The molecule has 2 aromatic heterocycles. The third-order valence-electron chi connectivity index (χ3n) is 6.16. The Labute approximate surface area is 202 Å². The van der Waals surface area contributed by atoms with E-state index in [1.807, 2.05) is 4.90 Å². The van der Waals surface area contributed by atoms with Crippen molar-refractivity contribution in [2.45, 2.75) is 18.9 Å². The molecule has 1 aliphatic rings. The van der Waals surface area contributed by atoms with E-state index in [0.29, 0.717) is 12.4 Å². The van der Waals surface area contributed by atoms with E-state index in [4.69, 9.17) is 4.74 Å². The molecule has 3 heterocycles. The maximum absolute atomic E-state index is 15.4. The van der Waals surface area contributed by atoms with Crippen molar-refractivity contribution in [2.24, 2.45) is 0 Å². The summed E-state index contributed by atoms with van der Waals surface area (Å²) in [5, 5.41) is 18.9. The second-order valence-electron chi connectivity index (χ2n) is 8.35. The lowest BCUT2D eigenvalue weighted by Gasteiger charge is -2.27. The van der Waals surface area contributed by atoms with Gasteiger partial charge < -0.3 is 24.4 Å². The van der Waals surface area contributed by atoms with Gasteiger partial charge in [0.15, 0.2) is 5.82 Å². The number of carboxylic acids is 1. The normalized spacial score (nSPS) is 15.4. The lowest BCUT2D eigenvalue weighted by molar-refractivity contribution is 0.0695. The highest BCUT2D eigenvalue weighted by molar-refractivity contribution is 5.94. The molecule has 0 amide bonds. The number of hydrogen-bond acceptors (Lipinski definition) is 7. The van der Waals surface area contributed by atoms with Gasteiger partial charge in [-0.3, -0.25) is 4.79 Å². The molecule has 0 unspecified atom stereocenters. The van der Waals surface area contributed by atoms with Gasteiger partial charge in [-0.1, -0.05) is 0 Å². The van der Waals surface area contributed by atoms with Crippen molar-refractivity contribution in [2.75, 3.05) is 18.1 Å². The SMILES string of the molecule is O=C(O)c1cn(-c2ccc(O)cc2F)c2cc(N3CCC[C@@H]3COc3ccncn3)c(F)cc2c1=O. The molecule has 0 saturated carbocycles. The Morgan fingerprint density at radius 3 is 2.67 bits per heavy atom. The Balaban J connectivity index is 1.63. The number of carboxylic acid groups (broad SMARTS) is 1. The zero-order valence-corrected chi connectivity index (χ0v) is 18.8. The first-order valence-corrected chi connectivity index (χ1v) is 11.1. The number of ether oxygens (including phenoxy) is 1. The maximum Gasteiger partial charge on any atom is 0.341 e. The number of aromatic carboxylic acids is 1. The number of nitrogens with zero attached hydrogens (tertiary/aromatic N) is 4. The predicted octanol–water partition coefficient (Wildman–Crippen LogP) is 3.51. The van der Waals surface area contributed by atoms with Crippen LogP contribution in [0.5, 0.6) is 11.6 Å². The molecular formula is C25H20F2N4O5. The van der Waals surface area contributed by atoms with E-state index in [2.05, 4.69) is 9.97 Å². The number of aromatic hydroxyl groups is 1. The number of phenols is 1. The first kappa shape index (κ1) is 23.2. The Kier molecular flexibility index (Phi) is 5.96. The van der Waals surface area contributed by atoms with E-state index in [0.717, 1.165) is 31.2 Å². The quantitative estimate of drug-likeness (QED) is 0.418. The lowest BCUT2D eigenvalue weighted by Crippen LogP contribution is -2.35. The number of rotatable bonds is 6. The van der Waals surface area contributed by atoms with Crippen LogP contribution >= 0.6 is 0 Å². The minimum absolute atomic E-state index is 0.108. The van der Waals surface area contributed by atoms with Crippen LogP contribution in [0, 0.1) is 11.6 Å². The van der Waals surface area contributed by atoms with Crippen molar-refractivity contribution in [1.82, 2.24) is 14.5 Å². The summed E-state index contributed by atoms with van der Waals surface area (Å²) in [6.45, 7) is 0.747. The van der Waals surface area contributed by atoms with Crippen molar-refractivity contribution >= 4 is 22.6 Å². The summed E-state index contributed by atoms with van der Waals surface area (Å²) < 4.78 is 37.1. The van der Waals surface area contributed by atoms with E-state index < -0.39 is 28.6 Å². The summed E-state index contributed by atoms with van der Waals surface area (Å²) in [5.41, 5.74) is -1.34. The first-order valence-electron chi connectivity index (χ1n) is 11.1. The molecule has 11 heteroatoms. The van der Waals surface area contributed by atoms with Crippen molar-refractivity contribution in [3.05, 3.63) is 82.5 Å². The number of carbonyl (C=O) groups is 1. The largest absolute Gasteiger partial charge is 0.508 e. The number of hydrogen-bond donors (Lipinski definition) is 2. The molecule has 0 bridgehead atoms. The van der Waals surface area contributed by atoms with Crippen molar-refractivity contribution < 1.29 is 28.5 Å². The number of halogens is 2. The van der Waals surface area contributed by atoms with Crippen molar-refractivity contribution in [3.8, 4) is 17.3 Å². The smallest absolute Gasteiger partial charge is 0.341 e. The molecule has 4 aromatic rings. The highest BCUT2D eigenvalue weighted by Gasteiger charge is 2.29. The number of pyridine rings is 1. The van der Waals surface area contributed by atoms with Crippen molar-refractivity contribution in [1.29, 1.82) is 0 Å². The van der Waals surface area contributed by atoms with Crippen LogP contribution in [0.2, 0.25) is 0 Å². The van der Waals surface area contributed by atoms with Gasteiger partial charge in [0, 0.05) is 36.5 Å². The molecular weight excluding hydrogens is 474 g/mol. The maximum atomic E-state index is 15.4. The van der Waals surface area contributed by atoms with Crippen LogP contribution in [-0.2, 0) is 0 Å². The van der Waals surface area contributed by atoms with Gasteiger partial charge in [0.25, 0.3) is 0 Å². The summed E-state index contributed by atoms with van der Waals surface area (Å²) in [5.74, 6) is -3.03. The van der Waals surface area contributed by atoms with Crippen LogP contribution in [0.15, 0.2) is 59.9 Å². The number of benzene rings is 2. The Bertz CT molecular complexity index is 1530. The molecule has 0 aliphatic carbocycles. The number of anilines is 1. The highest BCUT2D eigenvalue weighted by Crippen LogP contribution is 2.33. The standard InChI is InChI=1S/C25H20F2N4O5/c26-18-8-15(32)3-4-20(18)31-11-17(25(34)35)24(33)16-9-19(27)22(10-21(16)31)30-7-1-2-14(30)12-36-23-5-6-28-13-29-23/h3-6,8-11,13-14,32H,1-2,7,12H2,(H,34,35)/t14-/m1/s1. The predicted molar refractivity (Wildman–Crippen MR) is 126 cm³/mol. The van der Waals surface area contributed by atoms with Gasteiger partial charge in [0.05, 0.1) is 22.9 Å². The Morgan fingerprint density at radius 1 is 1.14 bits per heavy atom. The summed E-state index contributed by atoms with van der Waals surface area (Å²) in [6, 6.07) is 7.15. The van der Waals surface area contributed by atoms with Gasteiger partial charge in [0.1, 0.15) is 30.1 Å². The fourth-order valence-corrected chi connectivity index (χ4v) is 4.47. The van der Waals surface area contributed by atoms with E-state index in [1.165, 1.54) is 29.1 Å². The molecule has 1 saturated heterocycles. The van der Waals surface area contributed by atoms with E-state index >= 15 is 4.39 Å². The molecule has 1 fully saturated rings. The number of phenolic OH excluding ortho intramolecular Hbond substituents is 1. The van der Waals surface area contributed by atoms with Crippen molar-refractivity contribution in [3.63, 3.8) is 0 Å². The number of fused-ring (bicyclic) bond motifs is 1. The molecule has 5 rings (SSSR count). The van der Waals surface area contributed by atoms with Crippen LogP contribution < -0.4 is 15.1 Å². The summed E-state index contributed by atoms with van der Waals surface area (Å²) in [7, 11) is 0. The topological polar surface area (TPSA) is 118 Å². The van der Waals surface area contributed by atoms with E-state index in [9.17, 15) is 24.2 Å². The van der Waals surface area contributed by atoms with Crippen LogP contribution in [0.1, 0.15) is 23.2 Å². The second-order valence-corrected chi connectivity index (χ2v) is 8.35. The molecule has 2 aromatic carbocycles. The van der Waals surface area contributed by atoms with Crippen LogP contribution in [0.3, 0.4) is 0 Å². The monoisotopic (exact) mass is 494 g/mol. The van der Waals surface area contributed by atoms with Gasteiger partial charge in [-0.25, -0.2) is 23.5 Å². The molecule has 1 atom stereocenters. The molecule has 184 valence electrons. The fraction of sp³-hybridized carbons (Fsp3) is 0.200. The minimum Gasteiger partial charge on any atom is -0.508 e. The Morgan fingerprint density at radius 2 is 1.94 bits per heavy atom. The average Bonchev–Trinajstić information content (AvgIpc) is 3.32. The minimum atomic E-state index is -1.53. The lowest BCUT2D eigenvalue weighted by atomic mass is 10.1. The van der Waals surface area contributed by atoms with Gasteiger partial charge in [-0.15, -0.1) is 0 Å². The van der Waals surface area contributed by atoms with E-state index in [-0.39, 0.29) is 40.7 Å². The zero-order valence-electron chi connectivity index (χ0n) is 18.8. The Hall–Kier alpha value is -4.54. The fourth-order valence-electron chi connectivity index (χ4n) is 4.47. The van der Waals surface area contributed by atoms with Crippen LogP contribution in [0.25, 0.3) is 16.6 Å². The van der Waals surface area contributed by atoms with E-state index in [1.54, 1.807) is 12.3 Å². The second kappa shape index (κ2) is 9.25. The summed E-state index contributed by atoms with van der Waals surface area (Å²) >= 11 is 0. The number of aromatic nitrogens is 3. The molecule has 9 nitrogen and oxygen atoms in total. The van der Waals surface area contributed by atoms with Gasteiger partial charge in [-0.2, -0.15) is 0 Å². The van der Waals surface area contributed by atoms with Gasteiger partial charge >= 0.3 is 5.97 Å². The van der Waals surface area contributed by atoms with Gasteiger partial charge in [0.2, 0.25) is 11.3 Å². The molecule has 1 aliphatic heterocycles.